The van der Waals surface area contributed by atoms with Gasteiger partial charge in [0.25, 0.3) is 11.8 Å². The molecule has 3 aromatic rings. The highest BCUT2D eigenvalue weighted by molar-refractivity contribution is 6.04. The minimum Gasteiger partial charge on any atom is -0.464 e. The van der Waals surface area contributed by atoms with Crippen LogP contribution in [0.25, 0.3) is 0 Å². The lowest BCUT2D eigenvalue weighted by Gasteiger charge is -2.31. The number of furan rings is 2. The number of nitrogens with one attached hydrogen (secondary N) is 2. The van der Waals surface area contributed by atoms with E-state index < -0.39 is 17.9 Å². The number of nitrogens with zero attached hydrogens (tertiary/aromatic N) is 1. The zero-order valence-electron chi connectivity index (χ0n) is 20.3. The fraction of sp³-hybridized carbons (Fsp3) is 0.333. The highest BCUT2D eigenvalue weighted by Gasteiger charge is 2.36. The Hall–Kier alpha value is -4.14. The summed E-state index contributed by atoms with van der Waals surface area (Å²) in [7, 11) is 0. The van der Waals surface area contributed by atoms with Gasteiger partial charge in [-0.1, -0.05) is 12.8 Å². The third-order valence-electron chi connectivity index (χ3n) is 6.20. The minimum atomic E-state index is -1.12. The number of anilines is 1. The van der Waals surface area contributed by atoms with Crippen LogP contribution in [0, 0.1) is 6.92 Å². The number of rotatable bonds is 9. The lowest BCUT2D eigenvalue weighted by molar-refractivity contribution is -0.127. The Bertz CT molecular complexity index is 1220. The van der Waals surface area contributed by atoms with Crippen LogP contribution in [0.2, 0.25) is 0 Å². The van der Waals surface area contributed by atoms with Crippen molar-refractivity contribution in [1.82, 2.24) is 10.6 Å². The van der Waals surface area contributed by atoms with Gasteiger partial charge in [0.15, 0.2) is 17.6 Å². The number of benzene rings is 1. The molecule has 9 heteroatoms. The molecule has 1 aliphatic rings. The van der Waals surface area contributed by atoms with Crippen molar-refractivity contribution in [2.45, 2.75) is 51.6 Å². The summed E-state index contributed by atoms with van der Waals surface area (Å²) < 4.78 is 10.9. The first-order valence-electron chi connectivity index (χ1n) is 11.9. The average molecular weight is 492 g/mol. The molecule has 0 bridgehead atoms. The summed E-state index contributed by atoms with van der Waals surface area (Å²) in [6.07, 6.45) is 5.17. The van der Waals surface area contributed by atoms with Gasteiger partial charge in [0.05, 0.1) is 12.8 Å². The zero-order chi connectivity index (χ0) is 25.7. The normalized spacial score (nSPS) is 14.3. The molecule has 1 fully saturated rings. The Labute approximate surface area is 208 Å². The van der Waals surface area contributed by atoms with Crippen molar-refractivity contribution in [3.05, 3.63) is 77.6 Å². The van der Waals surface area contributed by atoms with Gasteiger partial charge in [0.2, 0.25) is 5.91 Å². The zero-order valence-corrected chi connectivity index (χ0v) is 20.3. The number of ketones is 1. The molecule has 9 nitrogen and oxygen atoms in total. The second-order valence-electron chi connectivity index (χ2n) is 8.87. The van der Waals surface area contributed by atoms with Gasteiger partial charge >= 0.3 is 0 Å². The van der Waals surface area contributed by atoms with E-state index in [0.717, 1.165) is 25.7 Å². The van der Waals surface area contributed by atoms with E-state index in [0.29, 0.717) is 22.8 Å². The van der Waals surface area contributed by atoms with Crippen LogP contribution in [0.1, 0.15) is 71.1 Å². The topological polar surface area (TPSA) is 122 Å². The van der Waals surface area contributed by atoms with Gasteiger partial charge in [-0.2, -0.15) is 0 Å². The maximum atomic E-state index is 13.6. The quantitative estimate of drug-likeness (QED) is 0.437. The van der Waals surface area contributed by atoms with E-state index in [1.807, 2.05) is 0 Å². The lowest BCUT2D eigenvalue weighted by Crippen LogP contribution is -2.49. The molecule has 0 aliphatic heterocycles. The van der Waals surface area contributed by atoms with Gasteiger partial charge in [0, 0.05) is 17.3 Å². The predicted octanol–water partition coefficient (Wildman–Crippen LogP) is 3.95. The highest BCUT2D eigenvalue weighted by atomic mass is 16.3. The van der Waals surface area contributed by atoms with Crippen LogP contribution in [-0.4, -0.2) is 36.1 Å². The molecule has 1 saturated carbocycles. The third-order valence-corrected chi connectivity index (χ3v) is 6.20. The molecule has 2 heterocycles. The van der Waals surface area contributed by atoms with Gasteiger partial charge in [-0.25, -0.2) is 0 Å². The first-order chi connectivity index (χ1) is 17.3. The SMILES string of the molecule is CC(=O)c1ccc(N(C(=O)CNC(=O)c2ccco2)[C@@H](C(=O)NC2CCCC2)c2ccc(C)o2)cc1. The highest BCUT2D eigenvalue weighted by Crippen LogP contribution is 2.30. The second-order valence-corrected chi connectivity index (χ2v) is 8.87. The van der Waals surface area contributed by atoms with Crippen molar-refractivity contribution in [1.29, 1.82) is 0 Å². The van der Waals surface area contributed by atoms with Crippen LogP contribution in [0.5, 0.6) is 0 Å². The number of carbonyl (C=O) groups is 4. The molecule has 0 radical (unpaired) electrons. The van der Waals surface area contributed by atoms with E-state index in [1.54, 1.807) is 49.4 Å². The first kappa shape index (κ1) is 25.0. The molecule has 36 heavy (non-hydrogen) atoms. The van der Waals surface area contributed by atoms with E-state index in [9.17, 15) is 19.2 Å². The fourth-order valence-corrected chi connectivity index (χ4v) is 4.35. The molecule has 4 rings (SSSR count). The average Bonchev–Trinajstić information content (AvgIpc) is 3.64. The number of aryl methyl sites for hydroxylation is 1. The van der Waals surface area contributed by atoms with Gasteiger partial charge in [-0.15, -0.1) is 0 Å². The van der Waals surface area contributed by atoms with Crippen molar-refractivity contribution in [3.8, 4) is 0 Å². The summed E-state index contributed by atoms with van der Waals surface area (Å²) in [6, 6.07) is 11.8. The Morgan fingerprint density at radius 1 is 1.03 bits per heavy atom. The van der Waals surface area contributed by atoms with Crippen molar-refractivity contribution in [2.24, 2.45) is 0 Å². The number of hydrogen-bond acceptors (Lipinski definition) is 6. The Morgan fingerprint density at radius 2 is 1.75 bits per heavy atom. The first-order valence-corrected chi connectivity index (χ1v) is 11.9. The minimum absolute atomic E-state index is 0.0201. The van der Waals surface area contributed by atoms with Crippen LogP contribution >= 0.6 is 0 Å². The summed E-state index contributed by atoms with van der Waals surface area (Å²) in [5.74, 6) is -0.636. The Kier molecular flexibility index (Phi) is 7.68. The summed E-state index contributed by atoms with van der Waals surface area (Å²) >= 11 is 0. The Morgan fingerprint density at radius 3 is 2.33 bits per heavy atom. The molecular formula is C27H29N3O6. The van der Waals surface area contributed by atoms with Crippen LogP contribution in [0.15, 0.2) is 63.6 Å². The molecule has 188 valence electrons. The van der Waals surface area contributed by atoms with Crippen LogP contribution in [0.3, 0.4) is 0 Å². The number of hydrogen-bond donors (Lipinski definition) is 2. The summed E-state index contributed by atoms with van der Waals surface area (Å²) in [6.45, 7) is 2.82. The third kappa shape index (κ3) is 5.73. The number of Topliss-reactive ketones (excluding diaryl/α,β-unsaturated/α-hetero) is 1. The lowest BCUT2D eigenvalue weighted by atomic mass is 10.1. The van der Waals surface area contributed by atoms with Crippen molar-refractivity contribution in [2.75, 3.05) is 11.4 Å². The molecule has 0 saturated heterocycles. The second kappa shape index (κ2) is 11.1. The van der Waals surface area contributed by atoms with E-state index in [-0.39, 0.29) is 30.0 Å². The van der Waals surface area contributed by atoms with Gasteiger partial charge in [0.1, 0.15) is 11.5 Å². The summed E-state index contributed by atoms with van der Waals surface area (Å²) in [5.41, 5.74) is 0.857. The number of carbonyl (C=O) groups excluding carboxylic acids is 4. The summed E-state index contributed by atoms with van der Waals surface area (Å²) in [5, 5.41) is 5.61. The molecule has 1 atom stereocenters. The predicted molar refractivity (Wildman–Crippen MR) is 132 cm³/mol. The van der Waals surface area contributed by atoms with Crippen molar-refractivity contribution >= 4 is 29.2 Å². The van der Waals surface area contributed by atoms with Gasteiger partial charge in [-0.05, 0) is 75.2 Å². The van der Waals surface area contributed by atoms with E-state index in [1.165, 1.54) is 24.2 Å². The van der Waals surface area contributed by atoms with E-state index in [4.69, 9.17) is 8.83 Å². The monoisotopic (exact) mass is 491 g/mol. The molecule has 1 aromatic carbocycles. The molecule has 0 unspecified atom stereocenters. The van der Waals surface area contributed by atoms with E-state index in [2.05, 4.69) is 10.6 Å². The van der Waals surface area contributed by atoms with Crippen LogP contribution < -0.4 is 15.5 Å². The van der Waals surface area contributed by atoms with Crippen molar-refractivity contribution in [3.63, 3.8) is 0 Å². The summed E-state index contributed by atoms with van der Waals surface area (Å²) in [4.78, 5) is 52.7. The molecular weight excluding hydrogens is 462 g/mol. The number of amides is 3. The largest absolute Gasteiger partial charge is 0.464 e. The smallest absolute Gasteiger partial charge is 0.287 e. The molecule has 3 amide bonds. The fourth-order valence-electron chi connectivity index (χ4n) is 4.35. The standard InChI is InChI=1S/C27H29N3O6/c1-17-9-14-22(36-17)25(27(34)29-20-6-3-4-7-20)30(21-12-10-19(11-13-21)18(2)31)24(32)16-28-26(33)23-8-5-15-35-23/h5,8-15,20,25H,3-4,6-7,16H2,1-2H3,(H,28,33)(H,29,34)/t25-/m1/s1. The van der Waals surface area contributed by atoms with Crippen molar-refractivity contribution < 1.29 is 28.0 Å². The molecule has 1 aliphatic carbocycles. The maximum absolute atomic E-state index is 13.6. The molecule has 2 aromatic heterocycles. The van der Waals surface area contributed by atoms with Gasteiger partial charge < -0.3 is 19.5 Å². The maximum Gasteiger partial charge on any atom is 0.287 e. The molecule has 2 N–H and O–H groups in total. The van der Waals surface area contributed by atoms with E-state index >= 15 is 0 Å². The van der Waals surface area contributed by atoms with Crippen LogP contribution in [0.4, 0.5) is 5.69 Å². The van der Waals surface area contributed by atoms with Gasteiger partial charge in [-0.3, -0.25) is 24.1 Å². The Balaban J connectivity index is 1.68. The molecule has 0 spiro atoms. The van der Waals surface area contributed by atoms with Crippen LogP contribution in [-0.2, 0) is 9.59 Å².